The van der Waals surface area contributed by atoms with E-state index in [2.05, 4.69) is 0 Å². The minimum Gasteiger partial charge on any atom is -0.381 e. The fourth-order valence-corrected chi connectivity index (χ4v) is 2.41. The lowest BCUT2D eigenvalue weighted by molar-refractivity contribution is -0.141. The highest BCUT2D eigenvalue weighted by Gasteiger charge is 2.50. The van der Waals surface area contributed by atoms with Crippen molar-refractivity contribution in [2.75, 3.05) is 7.11 Å². The molecule has 0 heterocycles. The molecule has 4 heteroatoms. The average molecular weight is 196 g/mol. The number of methoxy groups -OCH3 is 1. The van der Waals surface area contributed by atoms with Crippen LogP contribution in [0.2, 0.25) is 0 Å². The lowest BCUT2D eigenvalue weighted by atomic mass is 9.79. The molecule has 14 heavy (non-hydrogen) atoms. The molecule has 0 spiro atoms. The van der Waals surface area contributed by atoms with Crippen molar-refractivity contribution >= 4 is 17.3 Å². The standard InChI is InChI=1S/C10H12O4/c1-14-5-2-3-6-7(4-5)9(12)10(13)8(6)11/h5-7H,2-4H2,1H3. The van der Waals surface area contributed by atoms with E-state index in [1.165, 1.54) is 0 Å². The number of fused-ring (bicyclic) bond motifs is 1. The summed E-state index contributed by atoms with van der Waals surface area (Å²) in [7, 11) is 1.59. The van der Waals surface area contributed by atoms with Crippen molar-refractivity contribution in [1.29, 1.82) is 0 Å². The van der Waals surface area contributed by atoms with Gasteiger partial charge in [0, 0.05) is 18.9 Å². The first kappa shape index (κ1) is 9.52. The second kappa shape index (κ2) is 3.28. The summed E-state index contributed by atoms with van der Waals surface area (Å²) in [5.41, 5.74) is 0. The summed E-state index contributed by atoms with van der Waals surface area (Å²) in [6, 6.07) is 0. The molecule has 0 aliphatic heterocycles. The van der Waals surface area contributed by atoms with Crippen LogP contribution < -0.4 is 0 Å². The van der Waals surface area contributed by atoms with Gasteiger partial charge in [0.05, 0.1) is 6.10 Å². The topological polar surface area (TPSA) is 60.4 Å². The molecule has 0 aromatic heterocycles. The Hall–Kier alpha value is -1.03. The van der Waals surface area contributed by atoms with Gasteiger partial charge in [0.1, 0.15) is 0 Å². The molecule has 3 atom stereocenters. The average Bonchev–Trinajstić information content (AvgIpc) is 2.44. The SMILES string of the molecule is COC1CCC2C(=O)C(=O)C(=O)C2C1. The van der Waals surface area contributed by atoms with Gasteiger partial charge in [-0.15, -0.1) is 0 Å². The van der Waals surface area contributed by atoms with Crippen molar-refractivity contribution in [2.45, 2.75) is 25.4 Å². The number of carbonyl (C=O) groups is 3. The van der Waals surface area contributed by atoms with Crippen LogP contribution in [0, 0.1) is 11.8 Å². The number of Topliss-reactive ketones (excluding diaryl/α,β-unsaturated/α-hetero) is 3. The fraction of sp³-hybridized carbons (Fsp3) is 0.700. The highest BCUT2D eigenvalue weighted by atomic mass is 16.5. The predicted molar refractivity (Wildman–Crippen MR) is 46.6 cm³/mol. The largest absolute Gasteiger partial charge is 0.381 e. The van der Waals surface area contributed by atoms with E-state index in [1.807, 2.05) is 0 Å². The van der Waals surface area contributed by atoms with Crippen molar-refractivity contribution in [3.63, 3.8) is 0 Å². The molecule has 2 aliphatic carbocycles. The number of hydrogen-bond acceptors (Lipinski definition) is 4. The zero-order valence-corrected chi connectivity index (χ0v) is 7.99. The van der Waals surface area contributed by atoms with Crippen LogP contribution >= 0.6 is 0 Å². The lowest BCUT2D eigenvalue weighted by Crippen LogP contribution is -2.30. The number of carbonyl (C=O) groups excluding carboxylic acids is 3. The molecule has 0 bridgehead atoms. The Kier molecular flexibility index (Phi) is 2.23. The van der Waals surface area contributed by atoms with Gasteiger partial charge in [-0.05, 0) is 19.3 Å². The first-order chi connectivity index (χ1) is 6.65. The van der Waals surface area contributed by atoms with Crippen LogP contribution in [-0.2, 0) is 19.1 Å². The highest BCUT2D eigenvalue weighted by Crippen LogP contribution is 2.37. The maximum absolute atomic E-state index is 11.4. The van der Waals surface area contributed by atoms with Crippen LogP contribution in [-0.4, -0.2) is 30.6 Å². The third kappa shape index (κ3) is 1.21. The van der Waals surface area contributed by atoms with Gasteiger partial charge in [-0.25, -0.2) is 0 Å². The third-order valence-corrected chi connectivity index (χ3v) is 3.26. The second-order valence-electron chi connectivity index (χ2n) is 3.94. The van der Waals surface area contributed by atoms with E-state index >= 15 is 0 Å². The molecule has 0 radical (unpaired) electrons. The summed E-state index contributed by atoms with van der Waals surface area (Å²) in [4.78, 5) is 33.8. The van der Waals surface area contributed by atoms with Gasteiger partial charge < -0.3 is 4.74 Å². The van der Waals surface area contributed by atoms with Gasteiger partial charge in [0.2, 0.25) is 11.6 Å². The Bertz CT molecular complexity index is 307. The first-order valence-corrected chi connectivity index (χ1v) is 4.80. The fourth-order valence-electron chi connectivity index (χ4n) is 2.41. The van der Waals surface area contributed by atoms with Gasteiger partial charge in [0.25, 0.3) is 5.78 Å². The highest BCUT2D eigenvalue weighted by molar-refractivity contribution is 6.68. The molecule has 0 aromatic rings. The quantitative estimate of drug-likeness (QED) is 0.559. The summed E-state index contributed by atoms with van der Waals surface area (Å²) in [6.45, 7) is 0. The second-order valence-corrected chi connectivity index (χ2v) is 3.94. The van der Waals surface area contributed by atoms with Crippen molar-refractivity contribution < 1.29 is 19.1 Å². The lowest BCUT2D eigenvalue weighted by Gasteiger charge is -2.27. The normalized spacial score (nSPS) is 37.5. The minimum absolute atomic E-state index is 0.0268. The van der Waals surface area contributed by atoms with E-state index in [-0.39, 0.29) is 12.0 Å². The first-order valence-electron chi connectivity index (χ1n) is 4.80. The van der Waals surface area contributed by atoms with Gasteiger partial charge in [-0.3, -0.25) is 14.4 Å². The maximum Gasteiger partial charge on any atom is 0.264 e. The molecule has 0 saturated heterocycles. The third-order valence-electron chi connectivity index (χ3n) is 3.26. The summed E-state index contributed by atoms with van der Waals surface area (Å²) in [5, 5.41) is 0. The van der Waals surface area contributed by atoms with E-state index in [1.54, 1.807) is 7.11 Å². The summed E-state index contributed by atoms with van der Waals surface area (Å²) in [6.07, 6.45) is 1.93. The smallest absolute Gasteiger partial charge is 0.264 e. The zero-order valence-electron chi connectivity index (χ0n) is 7.99. The number of ether oxygens (including phenoxy) is 1. The molecule has 76 valence electrons. The van der Waals surface area contributed by atoms with Crippen LogP contribution in [0.25, 0.3) is 0 Å². The van der Waals surface area contributed by atoms with Crippen LogP contribution in [0.4, 0.5) is 0 Å². The van der Waals surface area contributed by atoms with Crippen LogP contribution in [0.3, 0.4) is 0 Å². The maximum atomic E-state index is 11.4. The molecular weight excluding hydrogens is 184 g/mol. The van der Waals surface area contributed by atoms with E-state index in [0.717, 1.165) is 6.42 Å². The molecule has 2 rings (SSSR count). The number of rotatable bonds is 1. The molecule has 0 N–H and O–H groups in total. The Balaban J connectivity index is 2.20. The Morgan fingerprint density at radius 3 is 2.36 bits per heavy atom. The van der Waals surface area contributed by atoms with Gasteiger partial charge in [-0.2, -0.15) is 0 Å². The number of ketones is 3. The van der Waals surface area contributed by atoms with Crippen molar-refractivity contribution in [2.24, 2.45) is 11.8 Å². The Labute approximate surface area is 81.6 Å². The molecule has 0 amide bonds. The Morgan fingerprint density at radius 1 is 1.07 bits per heavy atom. The minimum atomic E-state index is -0.795. The Morgan fingerprint density at radius 2 is 1.71 bits per heavy atom. The van der Waals surface area contributed by atoms with Crippen molar-refractivity contribution in [3.8, 4) is 0 Å². The summed E-state index contributed by atoms with van der Waals surface area (Å²) < 4.78 is 5.14. The van der Waals surface area contributed by atoms with E-state index in [0.29, 0.717) is 12.8 Å². The van der Waals surface area contributed by atoms with E-state index < -0.39 is 23.3 Å². The van der Waals surface area contributed by atoms with Crippen LogP contribution in [0.15, 0.2) is 0 Å². The monoisotopic (exact) mass is 196 g/mol. The number of hydrogen-bond donors (Lipinski definition) is 0. The van der Waals surface area contributed by atoms with Crippen LogP contribution in [0.5, 0.6) is 0 Å². The summed E-state index contributed by atoms with van der Waals surface area (Å²) >= 11 is 0. The van der Waals surface area contributed by atoms with Gasteiger partial charge in [0.15, 0.2) is 0 Å². The van der Waals surface area contributed by atoms with Gasteiger partial charge in [-0.1, -0.05) is 0 Å². The van der Waals surface area contributed by atoms with Crippen molar-refractivity contribution in [1.82, 2.24) is 0 Å². The van der Waals surface area contributed by atoms with Crippen molar-refractivity contribution in [3.05, 3.63) is 0 Å². The molecule has 3 unspecified atom stereocenters. The molecular formula is C10H12O4. The predicted octanol–water partition coefficient (Wildman–Crippen LogP) is 0.139. The summed E-state index contributed by atoms with van der Waals surface area (Å²) in [5.74, 6) is -2.51. The molecule has 0 aromatic carbocycles. The van der Waals surface area contributed by atoms with E-state index in [9.17, 15) is 14.4 Å². The van der Waals surface area contributed by atoms with E-state index in [4.69, 9.17) is 4.74 Å². The molecule has 2 fully saturated rings. The molecule has 2 aliphatic rings. The zero-order chi connectivity index (χ0) is 10.3. The molecule has 2 saturated carbocycles. The molecule has 4 nitrogen and oxygen atoms in total. The van der Waals surface area contributed by atoms with Crippen LogP contribution in [0.1, 0.15) is 19.3 Å². The van der Waals surface area contributed by atoms with Gasteiger partial charge >= 0.3 is 0 Å².